The summed E-state index contributed by atoms with van der Waals surface area (Å²) >= 11 is 0. The third-order valence-corrected chi connectivity index (χ3v) is 6.92. The van der Waals surface area contributed by atoms with E-state index in [-0.39, 0.29) is 24.6 Å². The van der Waals surface area contributed by atoms with E-state index >= 15 is 0 Å². The number of carbonyl (C=O) groups is 2. The number of fused-ring (bicyclic) bond motifs is 1. The molecular weight excluding hydrogens is 498 g/mol. The first-order valence-corrected chi connectivity index (χ1v) is 12.8. The fourth-order valence-corrected chi connectivity index (χ4v) is 4.84. The summed E-state index contributed by atoms with van der Waals surface area (Å²) in [6.45, 7) is 1.89. The zero-order chi connectivity index (χ0) is 27.4. The van der Waals surface area contributed by atoms with Gasteiger partial charge in [-0.05, 0) is 55.3 Å². The van der Waals surface area contributed by atoms with Crippen molar-refractivity contribution in [1.29, 1.82) is 0 Å². The number of likely N-dealkylation sites (tertiary alicyclic amines) is 1. The van der Waals surface area contributed by atoms with Crippen molar-refractivity contribution >= 4 is 28.7 Å². The Kier molecular flexibility index (Phi) is 7.76. The minimum absolute atomic E-state index is 0.169. The molecule has 10 nitrogen and oxygen atoms in total. The minimum atomic E-state index is -0.282. The number of nitrogens with one attached hydrogen (secondary N) is 2. The average Bonchev–Trinajstić information content (AvgIpc) is 3.59. The first kappa shape index (κ1) is 26.2. The predicted octanol–water partition coefficient (Wildman–Crippen LogP) is 4.23. The molecule has 3 N–H and O–H groups in total. The third-order valence-electron chi connectivity index (χ3n) is 6.92. The van der Waals surface area contributed by atoms with E-state index in [1.54, 1.807) is 55.8 Å². The van der Waals surface area contributed by atoms with Crippen LogP contribution in [0, 0.1) is 0 Å². The number of aliphatic hydroxyl groups excluding tert-OH is 1. The standard InChI is InChI=1S/C29H31N5O5/c1-30-29(37)34-13-10-21-14-26(25(38-2)16-24(21)34)39-23-9-11-31-27(15-23)32-28(36)20-7-5-19(6-8-20)17-33-12-3-4-22(33)18-35/h5-11,13-16,22,35H,3-4,12,17-18H2,1-2H3,(H,30,37)(H,31,32,36)/t22-/m0/s1. The molecule has 4 aromatic rings. The number of anilines is 1. The largest absolute Gasteiger partial charge is 0.493 e. The first-order chi connectivity index (χ1) is 19.0. The van der Waals surface area contributed by atoms with Gasteiger partial charge in [-0.3, -0.25) is 14.3 Å². The number of hydrogen-bond acceptors (Lipinski definition) is 7. The molecule has 5 rings (SSSR count). The van der Waals surface area contributed by atoms with Crippen molar-refractivity contribution in [2.24, 2.45) is 0 Å². The lowest BCUT2D eigenvalue weighted by molar-refractivity contribution is 0.102. The van der Waals surface area contributed by atoms with Crippen molar-refractivity contribution in [3.63, 3.8) is 0 Å². The molecule has 3 heterocycles. The number of aromatic nitrogens is 2. The molecule has 1 aliphatic rings. The number of methoxy groups -OCH3 is 1. The molecule has 202 valence electrons. The topological polar surface area (TPSA) is 118 Å². The Bertz CT molecular complexity index is 1480. The van der Waals surface area contributed by atoms with E-state index in [0.29, 0.717) is 34.1 Å². The van der Waals surface area contributed by atoms with Gasteiger partial charge in [-0.25, -0.2) is 9.78 Å². The number of ether oxygens (including phenoxy) is 2. The van der Waals surface area contributed by atoms with Gasteiger partial charge in [0, 0.05) is 55.1 Å². The third kappa shape index (κ3) is 5.71. The summed E-state index contributed by atoms with van der Waals surface area (Å²) in [5.74, 6) is 1.43. The van der Waals surface area contributed by atoms with Crippen molar-refractivity contribution in [3.8, 4) is 17.2 Å². The Morgan fingerprint density at radius 1 is 1.10 bits per heavy atom. The van der Waals surface area contributed by atoms with Crippen LogP contribution in [0.1, 0.15) is 28.8 Å². The molecule has 10 heteroatoms. The predicted molar refractivity (Wildman–Crippen MR) is 148 cm³/mol. The molecule has 0 saturated carbocycles. The fraction of sp³-hybridized carbons (Fsp3) is 0.276. The Morgan fingerprint density at radius 3 is 2.67 bits per heavy atom. The zero-order valence-electron chi connectivity index (χ0n) is 21.9. The van der Waals surface area contributed by atoms with E-state index in [4.69, 9.17) is 9.47 Å². The molecule has 0 unspecified atom stereocenters. The molecule has 1 saturated heterocycles. The first-order valence-electron chi connectivity index (χ1n) is 12.8. The Balaban J connectivity index is 1.27. The Labute approximate surface area is 226 Å². The van der Waals surface area contributed by atoms with E-state index in [1.807, 2.05) is 18.2 Å². The second kappa shape index (κ2) is 11.5. The summed E-state index contributed by atoms with van der Waals surface area (Å²) in [7, 11) is 3.10. The van der Waals surface area contributed by atoms with Crippen molar-refractivity contribution in [3.05, 3.63) is 78.1 Å². The van der Waals surface area contributed by atoms with Crippen molar-refractivity contribution < 1.29 is 24.2 Å². The van der Waals surface area contributed by atoms with Crippen LogP contribution in [-0.2, 0) is 6.54 Å². The molecule has 0 radical (unpaired) electrons. The van der Waals surface area contributed by atoms with Crippen LogP contribution < -0.4 is 20.1 Å². The summed E-state index contributed by atoms with van der Waals surface area (Å²) in [5, 5.41) is 15.8. The van der Waals surface area contributed by atoms with Crippen LogP contribution in [0.2, 0.25) is 0 Å². The van der Waals surface area contributed by atoms with Crippen LogP contribution in [-0.4, -0.2) is 64.8 Å². The number of benzene rings is 2. The number of aliphatic hydroxyl groups is 1. The van der Waals surface area contributed by atoms with E-state index in [1.165, 1.54) is 11.7 Å². The van der Waals surface area contributed by atoms with E-state index < -0.39 is 0 Å². The highest BCUT2D eigenvalue weighted by Gasteiger charge is 2.23. The van der Waals surface area contributed by atoms with Gasteiger partial charge in [-0.1, -0.05) is 12.1 Å². The van der Waals surface area contributed by atoms with Crippen LogP contribution in [0.5, 0.6) is 17.2 Å². The van der Waals surface area contributed by atoms with Gasteiger partial charge in [-0.2, -0.15) is 0 Å². The molecule has 1 fully saturated rings. The van der Waals surface area contributed by atoms with Gasteiger partial charge in [0.1, 0.15) is 11.6 Å². The maximum absolute atomic E-state index is 12.9. The molecular formula is C29H31N5O5. The molecule has 2 amide bonds. The quantitative estimate of drug-likeness (QED) is 0.313. The summed E-state index contributed by atoms with van der Waals surface area (Å²) < 4.78 is 13.1. The lowest BCUT2D eigenvalue weighted by Gasteiger charge is -2.22. The second-order valence-corrected chi connectivity index (χ2v) is 9.38. The maximum Gasteiger partial charge on any atom is 0.325 e. The average molecular weight is 530 g/mol. The van der Waals surface area contributed by atoms with Gasteiger partial charge in [0.15, 0.2) is 11.5 Å². The zero-order valence-corrected chi connectivity index (χ0v) is 21.9. The van der Waals surface area contributed by atoms with Gasteiger partial charge in [0.2, 0.25) is 0 Å². The molecule has 1 atom stereocenters. The highest BCUT2D eigenvalue weighted by Crippen LogP contribution is 2.36. The number of hydrogen-bond donors (Lipinski definition) is 3. The van der Waals surface area contributed by atoms with Gasteiger partial charge >= 0.3 is 6.03 Å². The number of nitrogens with zero attached hydrogens (tertiary/aromatic N) is 3. The van der Waals surface area contributed by atoms with Gasteiger partial charge in [-0.15, -0.1) is 0 Å². The number of rotatable bonds is 8. The minimum Gasteiger partial charge on any atom is -0.493 e. The summed E-state index contributed by atoms with van der Waals surface area (Å²) in [6, 6.07) is 16.1. The van der Waals surface area contributed by atoms with Crippen LogP contribution in [0.3, 0.4) is 0 Å². The van der Waals surface area contributed by atoms with Crippen molar-refractivity contribution in [2.75, 3.05) is 32.6 Å². The fourth-order valence-electron chi connectivity index (χ4n) is 4.84. The van der Waals surface area contributed by atoms with Gasteiger partial charge in [0.25, 0.3) is 5.91 Å². The molecule has 0 bridgehead atoms. The lowest BCUT2D eigenvalue weighted by Crippen LogP contribution is -2.31. The Hall–Kier alpha value is -4.41. The summed E-state index contributed by atoms with van der Waals surface area (Å²) in [4.78, 5) is 31.5. The van der Waals surface area contributed by atoms with Gasteiger partial charge in [0.05, 0.1) is 19.2 Å². The number of pyridine rings is 1. The summed E-state index contributed by atoms with van der Waals surface area (Å²) in [6.07, 6.45) is 5.33. The highest BCUT2D eigenvalue weighted by atomic mass is 16.5. The van der Waals surface area contributed by atoms with Crippen LogP contribution in [0.15, 0.2) is 67.0 Å². The van der Waals surface area contributed by atoms with Crippen molar-refractivity contribution in [1.82, 2.24) is 19.8 Å². The summed E-state index contributed by atoms with van der Waals surface area (Å²) in [5.41, 5.74) is 2.29. The highest BCUT2D eigenvalue weighted by molar-refractivity contribution is 6.03. The van der Waals surface area contributed by atoms with E-state index in [9.17, 15) is 14.7 Å². The SMILES string of the molecule is CNC(=O)n1ccc2cc(Oc3ccnc(NC(=O)c4ccc(CN5CCC[C@H]5CO)cc4)c3)c(OC)cc21. The second-order valence-electron chi connectivity index (χ2n) is 9.38. The monoisotopic (exact) mass is 529 g/mol. The molecule has 1 aliphatic heterocycles. The van der Waals surface area contributed by atoms with Crippen LogP contribution in [0.4, 0.5) is 10.6 Å². The smallest absolute Gasteiger partial charge is 0.325 e. The maximum atomic E-state index is 12.9. The van der Waals surface area contributed by atoms with Gasteiger partial charge < -0.3 is 25.2 Å². The molecule has 2 aromatic carbocycles. The molecule has 2 aromatic heterocycles. The normalized spacial score (nSPS) is 15.3. The lowest BCUT2D eigenvalue weighted by atomic mass is 10.1. The molecule has 0 spiro atoms. The molecule has 39 heavy (non-hydrogen) atoms. The van der Waals surface area contributed by atoms with E-state index in [0.717, 1.165) is 36.9 Å². The number of carbonyl (C=O) groups excluding carboxylic acids is 2. The van der Waals surface area contributed by atoms with Crippen molar-refractivity contribution in [2.45, 2.75) is 25.4 Å². The molecule has 0 aliphatic carbocycles. The van der Waals surface area contributed by atoms with E-state index in [2.05, 4.69) is 20.5 Å². The van der Waals surface area contributed by atoms with Crippen LogP contribution in [0.25, 0.3) is 10.9 Å². The Morgan fingerprint density at radius 2 is 1.92 bits per heavy atom. The van der Waals surface area contributed by atoms with Crippen LogP contribution >= 0.6 is 0 Å². The number of amides is 2.